The van der Waals surface area contributed by atoms with Crippen LogP contribution < -0.4 is 4.74 Å². The second-order valence-electron chi connectivity index (χ2n) is 7.94. The third-order valence-electron chi connectivity index (χ3n) is 6.06. The number of furan rings is 1. The van der Waals surface area contributed by atoms with Crippen molar-refractivity contribution in [1.29, 1.82) is 0 Å². The van der Waals surface area contributed by atoms with E-state index in [1.165, 1.54) is 6.26 Å². The molecule has 2 aliphatic rings. The van der Waals surface area contributed by atoms with E-state index in [1.54, 1.807) is 46.1 Å². The van der Waals surface area contributed by atoms with E-state index >= 15 is 0 Å². The molecule has 164 valence electrons. The van der Waals surface area contributed by atoms with Gasteiger partial charge in [-0.25, -0.2) is 0 Å². The van der Waals surface area contributed by atoms with Gasteiger partial charge in [0.05, 0.1) is 13.4 Å². The summed E-state index contributed by atoms with van der Waals surface area (Å²) in [5.41, 5.74) is 1.55. The van der Waals surface area contributed by atoms with Gasteiger partial charge in [-0.1, -0.05) is 6.07 Å². The fraction of sp³-hybridized carbons (Fsp3) is 0.435. The Morgan fingerprint density at radius 1 is 1.00 bits per heavy atom. The van der Waals surface area contributed by atoms with Crippen LogP contribution in [0.4, 0.5) is 0 Å². The molecule has 2 aliphatic heterocycles. The van der Waals surface area contributed by atoms with Crippen molar-refractivity contribution in [1.82, 2.24) is 14.7 Å². The van der Waals surface area contributed by atoms with E-state index in [1.807, 2.05) is 13.0 Å². The second kappa shape index (κ2) is 8.83. The summed E-state index contributed by atoms with van der Waals surface area (Å²) in [4.78, 5) is 43.8. The Kier molecular flexibility index (Phi) is 5.97. The lowest BCUT2D eigenvalue weighted by molar-refractivity contribution is -0.136. The zero-order chi connectivity index (χ0) is 22.0. The average Bonchev–Trinajstić information content (AvgIpc) is 3.50. The monoisotopic (exact) mass is 425 g/mol. The topological polar surface area (TPSA) is 83.3 Å². The number of piperazine rings is 1. The number of likely N-dealkylation sites (tertiary alicyclic amines) is 1. The lowest BCUT2D eigenvalue weighted by atomic mass is 10.1. The van der Waals surface area contributed by atoms with Crippen LogP contribution in [0, 0.1) is 6.92 Å². The zero-order valence-corrected chi connectivity index (χ0v) is 17.9. The molecule has 1 atom stereocenters. The van der Waals surface area contributed by atoms with E-state index in [-0.39, 0.29) is 23.5 Å². The van der Waals surface area contributed by atoms with Crippen molar-refractivity contribution in [2.45, 2.75) is 25.8 Å². The third kappa shape index (κ3) is 4.15. The van der Waals surface area contributed by atoms with Crippen LogP contribution in [0.3, 0.4) is 0 Å². The summed E-state index contributed by atoms with van der Waals surface area (Å²) in [5.74, 6) is 0.566. The largest absolute Gasteiger partial charge is 0.496 e. The highest BCUT2D eigenvalue weighted by Gasteiger charge is 2.38. The number of benzene rings is 1. The van der Waals surface area contributed by atoms with Crippen LogP contribution in [0.25, 0.3) is 0 Å². The van der Waals surface area contributed by atoms with E-state index in [0.29, 0.717) is 50.5 Å². The molecular weight excluding hydrogens is 398 g/mol. The van der Waals surface area contributed by atoms with Crippen LogP contribution in [-0.4, -0.2) is 78.3 Å². The Balaban J connectivity index is 1.37. The van der Waals surface area contributed by atoms with Gasteiger partial charge in [0.1, 0.15) is 11.8 Å². The van der Waals surface area contributed by atoms with Crippen molar-refractivity contribution in [3.05, 3.63) is 53.5 Å². The summed E-state index contributed by atoms with van der Waals surface area (Å²) in [7, 11) is 1.59. The number of carbonyl (C=O) groups excluding carboxylic acids is 3. The van der Waals surface area contributed by atoms with Gasteiger partial charge in [-0.3, -0.25) is 14.4 Å². The standard InChI is InChI=1S/C23H27N3O5/c1-16-7-8-17(15-20(16)30-2)21(27)24-10-12-25(13-11-24)22(28)18-5-3-9-26(18)23(29)19-6-4-14-31-19/h4,6-8,14-15,18H,3,5,9-13H2,1-2H3/t18-/m0/s1. The summed E-state index contributed by atoms with van der Waals surface area (Å²) in [6, 6.07) is 8.24. The van der Waals surface area contributed by atoms with E-state index in [2.05, 4.69) is 0 Å². The van der Waals surface area contributed by atoms with Gasteiger partial charge < -0.3 is 23.9 Å². The molecule has 0 radical (unpaired) electrons. The maximum Gasteiger partial charge on any atom is 0.290 e. The summed E-state index contributed by atoms with van der Waals surface area (Å²) >= 11 is 0. The molecule has 0 N–H and O–H groups in total. The lowest BCUT2D eigenvalue weighted by Crippen LogP contribution is -2.55. The normalized spacial score (nSPS) is 18.9. The van der Waals surface area contributed by atoms with Gasteiger partial charge in [0.15, 0.2) is 5.76 Å². The molecular formula is C23H27N3O5. The fourth-order valence-electron chi connectivity index (χ4n) is 4.28. The van der Waals surface area contributed by atoms with Gasteiger partial charge in [0, 0.05) is 38.3 Å². The molecule has 2 fully saturated rings. The molecule has 0 bridgehead atoms. The van der Waals surface area contributed by atoms with Crippen molar-refractivity contribution >= 4 is 17.7 Å². The number of amides is 3. The first-order valence-electron chi connectivity index (χ1n) is 10.6. The molecule has 31 heavy (non-hydrogen) atoms. The van der Waals surface area contributed by atoms with Crippen LogP contribution in [0.1, 0.15) is 39.3 Å². The molecule has 8 nitrogen and oxygen atoms in total. The number of hydrogen-bond donors (Lipinski definition) is 0. The fourth-order valence-corrected chi connectivity index (χ4v) is 4.28. The lowest BCUT2D eigenvalue weighted by Gasteiger charge is -2.37. The number of nitrogens with zero attached hydrogens (tertiary/aromatic N) is 3. The van der Waals surface area contributed by atoms with Crippen LogP contribution in [-0.2, 0) is 4.79 Å². The first-order valence-corrected chi connectivity index (χ1v) is 10.6. The molecule has 0 aliphatic carbocycles. The summed E-state index contributed by atoms with van der Waals surface area (Å²) < 4.78 is 10.5. The van der Waals surface area contributed by atoms with Crippen molar-refractivity contribution in [2.75, 3.05) is 39.8 Å². The van der Waals surface area contributed by atoms with Crippen molar-refractivity contribution in [3.8, 4) is 5.75 Å². The van der Waals surface area contributed by atoms with Crippen LogP contribution >= 0.6 is 0 Å². The number of ether oxygens (including phenoxy) is 1. The van der Waals surface area contributed by atoms with E-state index in [0.717, 1.165) is 12.0 Å². The molecule has 3 amide bonds. The highest BCUT2D eigenvalue weighted by molar-refractivity contribution is 5.96. The quantitative estimate of drug-likeness (QED) is 0.750. The molecule has 0 saturated carbocycles. The van der Waals surface area contributed by atoms with Gasteiger partial charge >= 0.3 is 0 Å². The SMILES string of the molecule is COc1cc(C(=O)N2CCN(C(=O)[C@@H]3CCCN3C(=O)c3ccco3)CC2)ccc1C. The Morgan fingerprint density at radius 2 is 1.74 bits per heavy atom. The second-order valence-corrected chi connectivity index (χ2v) is 7.94. The Hall–Kier alpha value is -3.29. The summed E-state index contributed by atoms with van der Waals surface area (Å²) in [6.45, 7) is 4.29. The van der Waals surface area contributed by atoms with Crippen molar-refractivity contribution < 1.29 is 23.5 Å². The number of carbonyl (C=O) groups is 3. The smallest absolute Gasteiger partial charge is 0.290 e. The molecule has 2 saturated heterocycles. The van der Waals surface area contributed by atoms with Gasteiger partial charge in [-0.05, 0) is 49.6 Å². The minimum Gasteiger partial charge on any atom is -0.496 e. The van der Waals surface area contributed by atoms with Gasteiger partial charge in [-0.2, -0.15) is 0 Å². The predicted octanol–water partition coefficient (Wildman–Crippen LogP) is 2.19. The third-order valence-corrected chi connectivity index (χ3v) is 6.06. The number of aryl methyl sites for hydroxylation is 1. The summed E-state index contributed by atoms with van der Waals surface area (Å²) in [5, 5.41) is 0. The minimum atomic E-state index is -0.471. The van der Waals surface area contributed by atoms with Gasteiger partial charge in [-0.15, -0.1) is 0 Å². The van der Waals surface area contributed by atoms with Crippen LogP contribution in [0.15, 0.2) is 41.0 Å². The molecule has 0 unspecified atom stereocenters. The van der Waals surface area contributed by atoms with Crippen LogP contribution in [0.5, 0.6) is 5.75 Å². The van der Waals surface area contributed by atoms with E-state index in [4.69, 9.17) is 9.15 Å². The van der Waals surface area contributed by atoms with Gasteiger partial charge in [0.25, 0.3) is 11.8 Å². The highest BCUT2D eigenvalue weighted by Crippen LogP contribution is 2.24. The number of rotatable bonds is 4. The maximum atomic E-state index is 13.1. The molecule has 8 heteroatoms. The molecule has 4 rings (SSSR count). The zero-order valence-electron chi connectivity index (χ0n) is 17.9. The number of hydrogen-bond acceptors (Lipinski definition) is 5. The van der Waals surface area contributed by atoms with Crippen LogP contribution in [0.2, 0.25) is 0 Å². The van der Waals surface area contributed by atoms with Crippen molar-refractivity contribution in [3.63, 3.8) is 0 Å². The van der Waals surface area contributed by atoms with E-state index in [9.17, 15) is 14.4 Å². The summed E-state index contributed by atoms with van der Waals surface area (Å²) in [6.07, 6.45) is 2.89. The average molecular weight is 425 g/mol. The molecule has 0 spiro atoms. The molecule has 1 aromatic carbocycles. The first-order chi connectivity index (χ1) is 15.0. The molecule has 2 aromatic rings. The molecule has 1 aromatic heterocycles. The maximum absolute atomic E-state index is 13.1. The number of methoxy groups -OCH3 is 1. The molecule has 3 heterocycles. The Bertz CT molecular complexity index is 964. The first kappa shape index (κ1) is 21.0. The van der Waals surface area contributed by atoms with Gasteiger partial charge in [0.2, 0.25) is 5.91 Å². The van der Waals surface area contributed by atoms with Crippen molar-refractivity contribution in [2.24, 2.45) is 0 Å². The Labute approximate surface area is 181 Å². The Morgan fingerprint density at radius 3 is 2.42 bits per heavy atom. The minimum absolute atomic E-state index is 0.0542. The van der Waals surface area contributed by atoms with E-state index < -0.39 is 6.04 Å². The predicted molar refractivity (Wildman–Crippen MR) is 113 cm³/mol. The highest BCUT2D eigenvalue weighted by atomic mass is 16.5.